The van der Waals surface area contributed by atoms with E-state index in [0.29, 0.717) is 10.5 Å². The van der Waals surface area contributed by atoms with Crippen molar-refractivity contribution >= 4 is 5.91 Å². The van der Waals surface area contributed by atoms with Crippen LogP contribution >= 0.6 is 0 Å². The van der Waals surface area contributed by atoms with E-state index in [1.165, 1.54) is 12.1 Å². The molecule has 112 valence electrons. The van der Waals surface area contributed by atoms with Crippen molar-refractivity contribution in [1.82, 2.24) is 4.90 Å². The SMILES string of the molecule is Cc1ccc(F)cc1C(=O)N(CC(C)C)CC(F)(F)F. The third-order valence-electron chi connectivity index (χ3n) is 2.67. The van der Waals surface area contributed by atoms with Gasteiger partial charge in [0.15, 0.2) is 0 Å². The number of carbonyl (C=O) groups excluding carboxylic acids is 1. The van der Waals surface area contributed by atoms with Crippen molar-refractivity contribution in [3.8, 4) is 0 Å². The second-order valence-corrected chi connectivity index (χ2v) is 5.15. The normalized spacial score (nSPS) is 11.8. The molecule has 0 spiro atoms. The topological polar surface area (TPSA) is 20.3 Å². The summed E-state index contributed by atoms with van der Waals surface area (Å²) in [4.78, 5) is 12.9. The number of carbonyl (C=O) groups is 1. The average molecular weight is 291 g/mol. The fourth-order valence-electron chi connectivity index (χ4n) is 1.87. The van der Waals surface area contributed by atoms with Crippen molar-refractivity contribution < 1.29 is 22.4 Å². The number of nitrogens with zero attached hydrogens (tertiary/aromatic N) is 1. The van der Waals surface area contributed by atoms with Crippen molar-refractivity contribution in [3.05, 3.63) is 35.1 Å². The van der Waals surface area contributed by atoms with Crippen molar-refractivity contribution in [2.24, 2.45) is 5.92 Å². The highest BCUT2D eigenvalue weighted by Gasteiger charge is 2.34. The van der Waals surface area contributed by atoms with Crippen LogP contribution in [0.5, 0.6) is 0 Å². The smallest absolute Gasteiger partial charge is 0.329 e. The second-order valence-electron chi connectivity index (χ2n) is 5.15. The van der Waals surface area contributed by atoms with Gasteiger partial charge in [-0.1, -0.05) is 19.9 Å². The molecule has 0 radical (unpaired) electrons. The summed E-state index contributed by atoms with van der Waals surface area (Å²) in [5.41, 5.74) is 0.419. The van der Waals surface area contributed by atoms with Gasteiger partial charge >= 0.3 is 6.18 Å². The summed E-state index contributed by atoms with van der Waals surface area (Å²) in [6.45, 7) is 3.63. The number of benzene rings is 1. The monoisotopic (exact) mass is 291 g/mol. The molecule has 0 saturated carbocycles. The average Bonchev–Trinajstić information content (AvgIpc) is 2.28. The zero-order valence-corrected chi connectivity index (χ0v) is 11.6. The lowest BCUT2D eigenvalue weighted by molar-refractivity contribution is -0.141. The van der Waals surface area contributed by atoms with Gasteiger partial charge in [-0.15, -0.1) is 0 Å². The van der Waals surface area contributed by atoms with E-state index in [-0.39, 0.29) is 18.0 Å². The van der Waals surface area contributed by atoms with Crippen LogP contribution in [-0.4, -0.2) is 30.1 Å². The molecule has 0 heterocycles. The summed E-state index contributed by atoms with van der Waals surface area (Å²) in [7, 11) is 0. The first-order valence-corrected chi connectivity index (χ1v) is 6.22. The molecule has 6 heteroatoms. The van der Waals surface area contributed by atoms with E-state index in [1.807, 2.05) is 0 Å². The molecule has 0 aliphatic carbocycles. The minimum atomic E-state index is -4.48. The van der Waals surface area contributed by atoms with Crippen LogP contribution in [0.1, 0.15) is 29.8 Å². The fraction of sp³-hybridized carbons (Fsp3) is 0.500. The second kappa shape index (κ2) is 6.24. The maximum absolute atomic E-state index is 13.2. The molecule has 1 amide bonds. The minimum Gasteiger partial charge on any atom is -0.329 e. The molecule has 0 N–H and O–H groups in total. The predicted octanol–water partition coefficient (Wildman–Crippen LogP) is 3.79. The third kappa shape index (κ3) is 4.83. The van der Waals surface area contributed by atoms with E-state index < -0.39 is 24.4 Å². The van der Waals surface area contributed by atoms with Gasteiger partial charge in [-0.2, -0.15) is 13.2 Å². The molecular formula is C14H17F4NO. The highest BCUT2D eigenvalue weighted by Crippen LogP contribution is 2.20. The first kappa shape index (κ1) is 16.5. The Hall–Kier alpha value is -1.59. The van der Waals surface area contributed by atoms with Crippen LogP contribution in [0, 0.1) is 18.7 Å². The summed E-state index contributed by atoms with van der Waals surface area (Å²) in [5.74, 6) is -1.56. The Kier molecular flexibility index (Phi) is 5.14. The Morgan fingerprint density at radius 2 is 1.90 bits per heavy atom. The van der Waals surface area contributed by atoms with Gasteiger partial charge in [0, 0.05) is 12.1 Å². The first-order valence-electron chi connectivity index (χ1n) is 6.22. The van der Waals surface area contributed by atoms with Crippen LogP contribution in [0.25, 0.3) is 0 Å². The molecule has 1 aromatic rings. The van der Waals surface area contributed by atoms with E-state index >= 15 is 0 Å². The van der Waals surface area contributed by atoms with Crippen LogP contribution in [0.3, 0.4) is 0 Å². The molecule has 2 nitrogen and oxygen atoms in total. The molecule has 0 aliphatic heterocycles. The maximum atomic E-state index is 13.2. The molecule has 20 heavy (non-hydrogen) atoms. The van der Waals surface area contributed by atoms with Crippen LogP contribution in [0.2, 0.25) is 0 Å². The van der Waals surface area contributed by atoms with Gasteiger partial charge in [-0.25, -0.2) is 4.39 Å². The van der Waals surface area contributed by atoms with Crippen LogP contribution in [0.15, 0.2) is 18.2 Å². The number of hydrogen-bond acceptors (Lipinski definition) is 1. The number of amides is 1. The lowest BCUT2D eigenvalue weighted by atomic mass is 10.1. The van der Waals surface area contributed by atoms with E-state index in [4.69, 9.17) is 0 Å². The number of rotatable bonds is 4. The minimum absolute atomic E-state index is 0.0325. The molecule has 0 bridgehead atoms. The van der Waals surface area contributed by atoms with Crippen molar-refractivity contribution in [2.45, 2.75) is 26.9 Å². The van der Waals surface area contributed by atoms with Crippen molar-refractivity contribution in [3.63, 3.8) is 0 Å². The van der Waals surface area contributed by atoms with E-state index in [9.17, 15) is 22.4 Å². The van der Waals surface area contributed by atoms with Crippen molar-refractivity contribution in [1.29, 1.82) is 0 Å². The summed E-state index contributed by atoms with van der Waals surface area (Å²) in [5, 5.41) is 0. The quantitative estimate of drug-likeness (QED) is 0.773. The van der Waals surface area contributed by atoms with Gasteiger partial charge in [0.25, 0.3) is 5.91 Å². The molecule has 1 rings (SSSR count). The van der Waals surface area contributed by atoms with E-state index in [2.05, 4.69) is 0 Å². The molecule has 0 aromatic heterocycles. The van der Waals surface area contributed by atoms with Gasteiger partial charge in [0.05, 0.1) is 0 Å². The molecule has 0 aliphatic rings. The highest BCUT2D eigenvalue weighted by molar-refractivity contribution is 5.95. The van der Waals surface area contributed by atoms with E-state index in [1.54, 1.807) is 20.8 Å². The molecule has 0 saturated heterocycles. The summed E-state index contributed by atoms with van der Waals surface area (Å²) < 4.78 is 50.8. The Balaban J connectivity index is 3.06. The largest absolute Gasteiger partial charge is 0.406 e. The number of hydrogen-bond donors (Lipinski definition) is 0. The Labute approximate surface area is 115 Å². The molecule has 0 atom stereocenters. The van der Waals surface area contributed by atoms with Gasteiger partial charge in [-0.05, 0) is 30.5 Å². The van der Waals surface area contributed by atoms with Crippen LogP contribution < -0.4 is 0 Å². The lowest BCUT2D eigenvalue weighted by Gasteiger charge is -2.26. The van der Waals surface area contributed by atoms with Gasteiger partial charge in [0.1, 0.15) is 12.4 Å². The fourth-order valence-corrected chi connectivity index (χ4v) is 1.87. The van der Waals surface area contributed by atoms with Gasteiger partial charge in [0.2, 0.25) is 0 Å². The van der Waals surface area contributed by atoms with Crippen molar-refractivity contribution in [2.75, 3.05) is 13.1 Å². The molecule has 0 fully saturated rings. The number of halogens is 4. The Morgan fingerprint density at radius 1 is 1.30 bits per heavy atom. The maximum Gasteiger partial charge on any atom is 0.406 e. The zero-order chi connectivity index (χ0) is 15.5. The van der Waals surface area contributed by atoms with Crippen LogP contribution in [0.4, 0.5) is 17.6 Å². The number of alkyl halides is 3. The Bertz CT molecular complexity index is 483. The molecular weight excluding hydrogens is 274 g/mol. The van der Waals surface area contributed by atoms with Gasteiger partial charge < -0.3 is 4.90 Å². The molecule has 1 aromatic carbocycles. The number of aryl methyl sites for hydroxylation is 1. The standard InChI is InChI=1S/C14H17F4NO/c1-9(2)7-19(8-14(16,17)18)13(20)12-6-11(15)5-4-10(12)3/h4-6,9H,7-8H2,1-3H3. The van der Waals surface area contributed by atoms with Crippen LogP contribution in [-0.2, 0) is 0 Å². The highest BCUT2D eigenvalue weighted by atomic mass is 19.4. The van der Waals surface area contributed by atoms with E-state index in [0.717, 1.165) is 6.07 Å². The van der Waals surface area contributed by atoms with Gasteiger partial charge in [-0.3, -0.25) is 4.79 Å². The predicted molar refractivity (Wildman–Crippen MR) is 67.9 cm³/mol. The summed E-state index contributed by atoms with van der Waals surface area (Å²) in [6.07, 6.45) is -4.48. The summed E-state index contributed by atoms with van der Waals surface area (Å²) in [6, 6.07) is 3.52. The zero-order valence-electron chi connectivity index (χ0n) is 11.6. The third-order valence-corrected chi connectivity index (χ3v) is 2.67. The lowest BCUT2D eigenvalue weighted by Crippen LogP contribution is -2.41. The molecule has 0 unspecified atom stereocenters. The summed E-state index contributed by atoms with van der Waals surface area (Å²) >= 11 is 0. The first-order chi connectivity index (χ1) is 9.10. The Morgan fingerprint density at radius 3 is 2.40 bits per heavy atom.